The van der Waals surface area contributed by atoms with Crippen LogP contribution in [0.2, 0.25) is 0 Å². The van der Waals surface area contributed by atoms with E-state index in [1.807, 2.05) is 11.3 Å². The van der Waals surface area contributed by atoms with E-state index in [2.05, 4.69) is 10.3 Å². The van der Waals surface area contributed by atoms with Crippen molar-refractivity contribution < 1.29 is 5.11 Å². The molecule has 0 fully saturated rings. The van der Waals surface area contributed by atoms with Crippen molar-refractivity contribution in [1.82, 2.24) is 10.3 Å². The molecule has 14 heavy (non-hydrogen) atoms. The molecule has 1 heterocycles. The fourth-order valence-electron chi connectivity index (χ4n) is 1.71. The second kappa shape index (κ2) is 4.38. The van der Waals surface area contributed by atoms with Gasteiger partial charge in [-0.1, -0.05) is 0 Å². The molecule has 0 amide bonds. The van der Waals surface area contributed by atoms with Crippen LogP contribution in [-0.2, 0) is 19.4 Å². The third kappa shape index (κ3) is 2.32. The minimum absolute atomic E-state index is 0.276. The molecule has 0 bridgehead atoms. The average molecular weight is 212 g/mol. The molecule has 0 aliphatic heterocycles. The van der Waals surface area contributed by atoms with Crippen LogP contribution in [0.15, 0.2) is 0 Å². The van der Waals surface area contributed by atoms with E-state index in [0.717, 1.165) is 18.0 Å². The summed E-state index contributed by atoms with van der Waals surface area (Å²) in [5.41, 5.74) is 1.31. The van der Waals surface area contributed by atoms with Crippen LogP contribution in [-0.4, -0.2) is 22.7 Å². The van der Waals surface area contributed by atoms with E-state index in [-0.39, 0.29) is 6.10 Å². The van der Waals surface area contributed by atoms with Crippen LogP contribution in [0.25, 0.3) is 0 Å². The summed E-state index contributed by atoms with van der Waals surface area (Å²) in [5, 5.41) is 13.4. The highest BCUT2D eigenvalue weighted by Crippen LogP contribution is 2.27. The highest BCUT2D eigenvalue weighted by molar-refractivity contribution is 7.11. The van der Waals surface area contributed by atoms with Crippen molar-refractivity contribution in [3.05, 3.63) is 15.6 Å². The first-order valence-electron chi connectivity index (χ1n) is 5.12. The van der Waals surface area contributed by atoms with Gasteiger partial charge < -0.3 is 10.4 Å². The van der Waals surface area contributed by atoms with Crippen molar-refractivity contribution in [3.8, 4) is 0 Å². The molecule has 2 N–H and O–H groups in total. The third-order valence-corrected chi connectivity index (χ3v) is 3.51. The predicted octanol–water partition coefficient (Wildman–Crippen LogP) is 1.10. The number of thiazole rings is 1. The average Bonchev–Trinajstić information content (AvgIpc) is 2.62. The Morgan fingerprint density at radius 2 is 2.43 bits per heavy atom. The van der Waals surface area contributed by atoms with Gasteiger partial charge in [-0.3, -0.25) is 0 Å². The Balaban J connectivity index is 1.85. The Hall–Kier alpha value is -0.450. The van der Waals surface area contributed by atoms with Gasteiger partial charge in [-0.05, 0) is 26.2 Å². The number of hydrogen-bond donors (Lipinski definition) is 2. The Morgan fingerprint density at radius 3 is 3.14 bits per heavy atom. The maximum Gasteiger partial charge on any atom is 0.107 e. The second-order valence-electron chi connectivity index (χ2n) is 3.81. The number of nitrogens with zero attached hydrogens (tertiary/aromatic N) is 1. The lowest BCUT2D eigenvalue weighted by atomic mass is 10.4. The molecule has 0 spiro atoms. The zero-order valence-corrected chi connectivity index (χ0v) is 9.23. The van der Waals surface area contributed by atoms with Crippen molar-refractivity contribution in [2.24, 2.45) is 0 Å². The number of aromatic nitrogens is 1. The minimum atomic E-state index is -0.276. The summed E-state index contributed by atoms with van der Waals surface area (Å²) in [6.45, 7) is 3.22. The molecular weight excluding hydrogens is 196 g/mol. The summed E-state index contributed by atoms with van der Waals surface area (Å²) in [7, 11) is 0. The van der Waals surface area contributed by atoms with Gasteiger partial charge in [-0.15, -0.1) is 11.3 Å². The van der Waals surface area contributed by atoms with Gasteiger partial charge in [0.15, 0.2) is 0 Å². The van der Waals surface area contributed by atoms with Crippen molar-refractivity contribution in [2.75, 3.05) is 6.54 Å². The standard InChI is InChI=1S/C10H16N2OS/c1-7(13)5-11-6-10-12-8-3-2-4-9(8)14-10/h7,11,13H,2-6H2,1H3/t7-/m0/s1. The predicted molar refractivity (Wildman–Crippen MR) is 57.5 cm³/mol. The molecule has 0 radical (unpaired) electrons. The highest BCUT2D eigenvalue weighted by atomic mass is 32.1. The molecule has 1 aromatic heterocycles. The van der Waals surface area contributed by atoms with E-state index in [4.69, 9.17) is 5.11 Å². The summed E-state index contributed by atoms with van der Waals surface area (Å²) >= 11 is 1.82. The molecule has 1 aliphatic rings. The van der Waals surface area contributed by atoms with Gasteiger partial charge in [0.1, 0.15) is 5.01 Å². The SMILES string of the molecule is C[C@H](O)CNCc1nc2c(s1)CCC2. The van der Waals surface area contributed by atoms with Crippen LogP contribution in [0.1, 0.15) is 28.9 Å². The summed E-state index contributed by atoms with van der Waals surface area (Å²) in [6, 6.07) is 0. The summed E-state index contributed by atoms with van der Waals surface area (Å²) < 4.78 is 0. The van der Waals surface area contributed by atoms with Crippen molar-refractivity contribution >= 4 is 11.3 Å². The minimum Gasteiger partial charge on any atom is -0.392 e. The maximum absolute atomic E-state index is 9.07. The highest BCUT2D eigenvalue weighted by Gasteiger charge is 2.16. The first-order valence-corrected chi connectivity index (χ1v) is 5.93. The van der Waals surface area contributed by atoms with Crippen molar-refractivity contribution in [2.45, 2.75) is 38.8 Å². The van der Waals surface area contributed by atoms with Crippen molar-refractivity contribution in [1.29, 1.82) is 0 Å². The van der Waals surface area contributed by atoms with Crippen LogP contribution >= 0.6 is 11.3 Å². The fourth-order valence-corrected chi connectivity index (χ4v) is 2.83. The molecule has 78 valence electrons. The molecule has 3 nitrogen and oxygen atoms in total. The van der Waals surface area contributed by atoms with Crippen molar-refractivity contribution in [3.63, 3.8) is 0 Å². The van der Waals surface area contributed by atoms with Gasteiger partial charge in [-0.25, -0.2) is 4.98 Å². The van der Waals surface area contributed by atoms with Gasteiger partial charge in [0.05, 0.1) is 11.8 Å². The quantitative estimate of drug-likeness (QED) is 0.785. The summed E-state index contributed by atoms with van der Waals surface area (Å²) in [5.74, 6) is 0. The molecule has 2 rings (SSSR count). The van der Waals surface area contributed by atoms with E-state index < -0.39 is 0 Å². The van der Waals surface area contributed by atoms with E-state index in [1.165, 1.54) is 23.4 Å². The number of aryl methyl sites for hydroxylation is 2. The largest absolute Gasteiger partial charge is 0.392 e. The van der Waals surface area contributed by atoms with Crippen LogP contribution in [0.5, 0.6) is 0 Å². The number of hydrogen-bond acceptors (Lipinski definition) is 4. The number of aliphatic hydroxyl groups excluding tert-OH is 1. The molecule has 1 aliphatic carbocycles. The van der Waals surface area contributed by atoms with Crippen LogP contribution in [0, 0.1) is 0 Å². The maximum atomic E-state index is 9.07. The van der Waals surface area contributed by atoms with E-state index in [0.29, 0.717) is 6.54 Å². The van der Waals surface area contributed by atoms with Crippen LogP contribution in [0.4, 0.5) is 0 Å². The van der Waals surface area contributed by atoms with Crippen LogP contribution < -0.4 is 5.32 Å². The first-order chi connectivity index (χ1) is 6.75. The summed E-state index contributed by atoms with van der Waals surface area (Å²) in [6.07, 6.45) is 3.36. The van der Waals surface area contributed by atoms with Gasteiger partial charge >= 0.3 is 0 Å². The van der Waals surface area contributed by atoms with E-state index in [9.17, 15) is 0 Å². The third-order valence-electron chi connectivity index (χ3n) is 2.36. The monoisotopic (exact) mass is 212 g/mol. The lowest BCUT2D eigenvalue weighted by Crippen LogP contribution is -2.23. The number of aliphatic hydroxyl groups is 1. The lowest BCUT2D eigenvalue weighted by molar-refractivity contribution is 0.191. The smallest absolute Gasteiger partial charge is 0.107 e. The Labute approximate surface area is 88.2 Å². The number of rotatable bonds is 4. The van der Waals surface area contributed by atoms with Gasteiger partial charge in [-0.2, -0.15) is 0 Å². The molecule has 0 aromatic carbocycles. The van der Waals surface area contributed by atoms with E-state index in [1.54, 1.807) is 6.92 Å². The van der Waals surface area contributed by atoms with Gasteiger partial charge in [0.2, 0.25) is 0 Å². The Morgan fingerprint density at radius 1 is 1.57 bits per heavy atom. The van der Waals surface area contributed by atoms with Gasteiger partial charge in [0.25, 0.3) is 0 Å². The Bertz CT molecular complexity index is 288. The zero-order valence-electron chi connectivity index (χ0n) is 8.42. The first kappa shape index (κ1) is 10.1. The van der Waals surface area contributed by atoms with Gasteiger partial charge in [0, 0.05) is 18.0 Å². The topological polar surface area (TPSA) is 45.1 Å². The second-order valence-corrected chi connectivity index (χ2v) is 4.98. The molecule has 4 heteroatoms. The number of fused-ring (bicyclic) bond motifs is 1. The number of nitrogens with one attached hydrogen (secondary N) is 1. The Kier molecular flexibility index (Phi) is 3.15. The molecule has 1 aromatic rings. The summed E-state index contributed by atoms with van der Waals surface area (Å²) in [4.78, 5) is 6.03. The molecule has 0 unspecified atom stereocenters. The zero-order chi connectivity index (χ0) is 9.97. The fraction of sp³-hybridized carbons (Fsp3) is 0.700. The molecular formula is C10H16N2OS. The molecule has 0 saturated carbocycles. The van der Waals surface area contributed by atoms with Crippen LogP contribution in [0.3, 0.4) is 0 Å². The lowest BCUT2D eigenvalue weighted by Gasteiger charge is -2.04. The molecule has 1 atom stereocenters. The van der Waals surface area contributed by atoms with E-state index >= 15 is 0 Å². The molecule has 0 saturated heterocycles. The normalized spacial score (nSPS) is 17.0.